The average Bonchev–Trinajstić information content (AvgIpc) is 2.42. The monoisotopic (exact) mass is 256 g/mol. The molecule has 19 heavy (non-hydrogen) atoms. The van der Waals surface area contributed by atoms with Crippen LogP contribution in [0.3, 0.4) is 0 Å². The molecule has 1 atom stereocenters. The van der Waals surface area contributed by atoms with E-state index in [4.69, 9.17) is 4.74 Å². The number of benzene rings is 2. The van der Waals surface area contributed by atoms with Gasteiger partial charge in [0.15, 0.2) is 0 Å². The number of aliphatic carboxylic acids is 1. The molecule has 1 unspecified atom stereocenters. The maximum absolute atomic E-state index is 11.5. The highest BCUT2D eigenvalue weighted by molar-refractivity contribution is 5.80. The zero-order chi connectivity index (χ0) is 13.7. The van der Waals surface area contributed by atoms with E-state index in [9.17, 15) is 9.90 Å². The fourth-order valence-electron chi connectivity index (χ4n) is 2.05. The van der Waals surface area contributed by atoms with Gasteiger partial charge in [-0.2, -0.15) is 0 Å². The molecule has 0 amide bonds. The van der Waals surface area contributed by atoms with Crippen molar-refractivity contribution in [3.8, 4) is 5.75 Å². The molecule has 3 nitrogen and oxygen atoms in total. The molecule has 0 bridgehead atoms. The van der Waals surface area contributed by atoms with Crippen LogP contribution in [0.5, 0.6) is 5.75 Å². The Bertz CT molecular complexity index is 532. The Balaban J connectivity index is 2.32. The highest BCUT2D eigenvalue weighted by atomic mass is 16.5. The van der Waals surface area contributed by atoms with Gasteiger partial charge in [-0.3, -0.25) is 4.79 Å². The molecule has 0 aliphatic rings. The smallest absolute Gasteiger partial charge is 0.315 e. The van der Waals surface area contributed by atoms with E-state index in [1.165, 1.54) is 0 Å². The Morgan fingerprint density at radius 1 is 1.05 bits per heavy atom. The summed E-state index contributed by atoms with van der Waals surface area (Å²) >= 11 is 0. The third kappa shape index (κ3) is 3.13. The molecule has 98 valence electrons. The second-order valence-electron chi connectivity index (χ2n) is 4.18. The van der Waals surface area contributed by atoms with Crippen LogP contribution in [0, 0.1) is 0 Å². The molecule has 3 heteroatoms. The van der Waals surface area contributed by atoms with Crippen molar-refractivity contribution in [1.29, 1.82) is 0 Å². The Morgan fingerprint density at radius 2 is 1.63 bits per heavy atom. The van der Waals surface area contributed by atoms with Gasteiger partial charge in [0, 0.05) is 0 Å². The minimum Gasteiger partial charge on any atom is -0.494 e. The summed E-state index contributed by atoms with van der Waals surface area (Å²) in [6, 6.07) is 16.4. The van der Waals surface area contributed by atoms with Gasteiger partial charge in [-0.1, -0.05) is 42.5 Å². The zero-order valence-corrected chi connectivity index (χ0v) is 10.7. The van der Waals surface area contributed by atoms with Gasteiger partial charge in [0.05, 0.1) is 6.61 Å². The van der Waals surface area contributed by atoms with Crippen molar-refractivity contribution in [2.75, 3.05) is 6.61 Å². The number of carbonyl (C=O) groups is 1. The summed E-state index contributed by atoms with van der Waals surface area (Å²) in [5.41, 5.74) is 1.53. The third-order valence-electron chi connectivity index (χ3n) is 2.90. The molecule has 1 N–H and O–H groups in total. The predicted octanol–water partition coefficient (Wildman–Crippen LogP) is 3.30. The Kier molecular flexibility index (Phi) is 4.18. The van der Waals surface area contributed by atoms with Crippen LogP contribution in [0.1, 0.15) is 24.0 Å². The summed E-state index contributed by atoms with van der Waals surface area (Å²) in [6.07, 6.45) is 0. The lowest BCUT2D eigenvalue weighted by molar-refractivity contribution is -0.137. The SMILES string of the molecule is CCOc1ccc(C(C(=O)O)c2ccccc2)cc1. The first-order valence-electron chi connectivity index (χ1n) is 6.23. The van der Waals surface area contributed by atoms with Crippen molar-refractivity contribution in [3.63, 3.8) is 0 Å². The number of ether oxygens (including phenoxy) is 1. The van der Waals surface area contributed by atoms with Crippen LogP contribution in [-0.4, -0.2) is 17.7 Å². The van der Waals surface area contributed by atoms with Crippen LogP contribution in [0.25, 0.3) is 0 Å². The summed E-state index contributed by atoms with van der Waals surface area (Å²) in [7, 11) is 0. The number of carboxylic acids is 1. The van der Waals surface area contributed by atoms with Gasteiger partial charge < -0.3 is 9.84 Å². The van der Waals surface area contributed by atoms with E-state index in [2.05, 4.69) is 0 Å². The lowest BCUT2D eigenvalue weighted by atomic mass is 9.91. The van der Waals surface area contributed by atoms with E-state index in [1.54, 1.807) is 24.3 Å². The van der Waals surface area contributed by atoms with Crippen molar-refractivity contribution in [1.82, 2.24) is 0 Å². The number of hydrogen-bond donors (Lipinski definition) is 1. The van der Waals surface area contributed by atoms with E-state index >= 15 is 0 Å². The first kappa shape index (κ1) is 13.1. The molecule has 0 saturated carbocycles. The van der Waals surface area contributed by atoms with Crippen LogP contribution in [-0.2, 0) is 4.79 Å². The fraction of sp³-hybridized carbons (Fsp3) is 0.188. The Hall–Kier alpha value is -2.29. The van der Waals surface area contributed by atoms with Crippen molar-refractivity contribution >= 4 is 5.97 Å². The first-order chi connectivity index (χ1) is 9.22. The van der Waals surface area contributed by atoms with Crippen LogP contribution >= 0.6 is 0 Å². The van der Waals surface area contributed by atoms with Gasteiger partial charge >= 0.3 is 5.97 Å². The maximum Gasteiger partial charge on any atom is 0.315 e. The Labute approximate surface area is 112 Å². The molecule has 0 heterocycles. The number of rotatable bonds is 5. The lowest BCUT2D eigenvalue weighted by Gasteiger charge is -2.13. The van der Waals surface area contributed by atoms with Gasteiger partial charge in [0.25, 0.3) is 0 Å². The van der Waals surface area contributed by atoms with Gasteiger partial charge in [0.2, 0.25) is 0 Å². The van der Waals surface area contributed by atoms with E-state index < -0.39 is 11.9 Å². The number of carboxylic acid groups (broad SMARTS) is 1. The normalized spacial score (nSPS) is 11.8. The maximum atomic E-state index is 11.5. The van der Waals surface area contributed by atoms with Crippen molar-refractivity contribution in [3.05, 3.63) is 65.7 Å². The van der Waals surface area contributed by atoms with Crippen LogP contribution in [0.2, 0.25) is 0 Å². The van der Waals surface area contributed by atoms with Crippen molar-refractivity contribution in [2.45, 2.75) is 12.8 Å². The second-order valence-corrected chi connectivity index (χ2v) is 4.18. The standard InChI is InChI=1S/C16H16O3/c1-2-19-14-10-8-13(9-11-14)15(16(17)18)12-6-4-3-5-7-12/h3-11,15H,2H2,1H3,(H,17,18). The molecule has 0 spiro atoms. The van der Waals surface area contributed by atoms with Gasteiger partial charge in [-0.05, 0) is 30.2 Å². The molecule has 0 radical (unpaired) electrons. The van der Waals surface area contributed by atoms with Crippen LogP contribution < -0.4 is 4.74 Å². The second kappa shape index (κ2) is 6.05. The molecular weight excluding hydrogens is 240 g/mol. The lowest BCUT2D eigenvalue weighted by Crippen LogP contribution is -2.12. The topological polar surface area (TPSA) is 46.5 Å². The molecule has 2 aromatic rings. The largest absolute Gasteiger partial charge is 0.494 e. The fourth-order valence-corrected chi connectivity index (χ4v) is 2.05. The van der Waals surface area contributed by atoms with Crippen LogP contribution in [0.15, 0.2) is 54.6 Å². The quantitative estimate of drug-likeness (QED) is 0.892. The highest BCUT2D eigenvalue weighted by Crippen LogP contribution is 2.26. The van der Waals surface area contributed by atoms with E-state index in [-0.39, 0.29) is 0 Å². The molecule has 2 rings (SSSR count). The summed E-state index contributed by atoms with van der Waals surface area (Å²) in [6.45, 7) is 2.51. The molecule has 0 aromatic heterocycles. The summed E-state index contributed by atoms with van der Waals surface area (Å²) < 4.78 is 5.36. The zero-order valence-electron chi connectivity index (χ0n) is 10.7. The summed E-state index contributed by atoms with van der Waals surface area (Å²) in [4.78, 5) is 11.5. The minimum atomic E-state index is -0.852. The first-order valence-corrected chi connectivity index (χ1v) is 6.23. The minimum absolute atomic E-state index is 0.598. The van der Waals surface area contributed by atoms with E-state index in [1.807, 2.05) is 37.3 Å². The molecular formula is C16H16O3. The summed E-state index contributed by atoms with van der Waals surface area (Å²) in [5, 5.41) is 9.42. The molecule has 0 aliphatic carbocycles. The molecule has 0 saturated heterocycles. The van der Waals surface area contributed by atoms with E-state index in [0.717, 1.165) is 16.9 Å². The molecule has 0 aliphatic heterocycles. The van der Waals surface area contributed by atoms with Crippen molar-refractivity contribution < 1.29 is 14.6 Å². The average molecular weight is 256 g/mol. The van der Waals surface area contributed by atoms with Gasteiger partial charge in [0.1, 0.15) is 11.7 Å². The molecule has 2 aromatic carbocycles. The van der Waals surface area contributed by atoms with Crippen molar-refractivity contribution in [2.24, 2.45) is 0 Å². The van der Waals surface area contributed by atoms with Gasteiger partial charge in [-0.15, -0.1) is 0 Å². The molecule has 0 fully saturated rings. The van der Waals surface area contributed by atoms with E-state index in [0.29, 0.717) is 6.61 Å². The predicted molar refractivity (Wildman–Crippen MR) is 73.5 cm³/mol. The van der Waals surface area contributed by atoms with Gasteiger partial charge in [-0.25, -0.2) is 0 Å². The Morgan fingerprint density at radius 3 is 2.16 bits per heavy atom. The third-order valence-corrected chi connectivity index (χ3v) is 2.90. The summed E-state index contributed by atoms with van der Waals surface area (Å²) in [5.74, 6) is -0.740. The van der Waals surface area contributed by atoms with Crippen LogP contribution in [0.4, 0.5) is 0 Å². The number of hydrogen-bond acceptors (Lipinski definition) is 2. The highest BCUT2D eigenvalue weighted by Gasteiger charge is 2.21.